The van der Waals surface area contributed by atoms with Crippen LogP contribution in [0, 0.1) is 0 Å². The van der Waals surface area contributed by atoms with E-state index in [0.717, 1.165) is 32.1 Å². The lowest BCUT2D eigenvalue weighted by molar-refractivity contribution is -0.144. The number of ether oxygens (including phenoxy) is 3. The number of esters is 3. The Labute approximate surface area is 168 Å². The van der Waals surface area contributed by atoms with E-state index in [4.69, 9.17) is 9.47 Å². The lowest BCUT2D eigenvalue weighted by Gasteiger charge is -2.12. The fourth-order valence-corrected chi connectivity index (χ4v) is 2.44. The summed E-state index contributed by atoms with van der Waals surface area (Å²) in [5.74, 6) is -0.952. The highest BCUT2D eigenvalue weighted by molar-refractivity contribution is 5.89. The maximum absolute atomic E-state index is 11.9. The molecular weight excluding hydrogens is 360 g/mol. The molecule has 6 heteroatoms. The predicted octanol–water partition coefficient (Wildman–Crippen LogP) is 4.44. The summed E-state index contributed by atoms with van der Waals surface area (Å²) >= 11 is 0. The summed E-state index contributed by atoms with van der Waals surface area (Å²) in [7, 11) is 2.71. The number of hydrogen-bond acceptors (Lipinski definition) is 6. The van der Waals surface area contributed by atoms with Gasteiger partial charge in [0, 0.05) is 18.9 Å². The van der Waals surface area contributed by atoms with Crippen molar-refractivity contribution in [3.63, 3.8) is 0 Å². The van der Waals surface area contributed by atoms with Crippen LogP contribution in [-0.2, 0) is 28.6 Å². The molecule has 0 saturated carbocycles. The van der Waals surface area contributed by atoms with Crippen LogP contribution in [0.5, 0.6) is 0 Å². The molecule has 0 radical (unpaired) electrons. The summed E-state index contributed by atoms with van der Waals surface area (Å²) in [5.41, 5.74) is 0.498. The summed E-state index contributed by atoms with van der Waals surface area (Å²) in [4.78, 5) is 34.2. The number of unbranched alkanes of at least 4 members (excludes halogenated alkanes) is 3. The zero-order chi connectivity index (χ0) is 21.2. The Balaban J connectivity index is 4.76. The number of allylic oxidation sites excluding steroid dienone is 4. The third-order valence-electron chi connectivity index (χ3n) is 3.96. The molecule has 6 nitrogen and oxygen atoms in total. The number of rotatable bonds is 14. The molecule has 0 fully saturated rings. The summed E-state index contributed by atoms with van der Waals surface area (Å²) in [6.07, 6.45) is 14.8. The monoisotopic (exact) mass is 394 g/mol. The smallest absolute Gasteiger partial charge is 0.334 e. The summed E-state index contributed by atoms with van der Waals surface area (Å²) in [6.45, 7) is 3.51. The highest BCUT2D eigenvalue weighted by Crippen LogP contribution is 2.11. The molecule has 0 rings (SSSR count). The lowest BCUT2D eigenvalue weighted by Crippen LogP contribution is -2.13. The fourth-order valence-electron chi connectivity index (χ4n) is 2.44. The first-order valence-corrected chi connectivity index (χ1v) is 9.79. The van der Waals surface area contributed by atoms with Gasteiger partial charge in [0.2, 0.25) is 0 Å². The molecule has 1 atom stereocenters. The standard InChI is InChI=1S/C22H34O6/c1-5-6-9-15-20(28-18(2)23)16-12-14-19(22(25)27-4)13-10-7-8-11-17-21(24)26-3/h7,10,12,14,16,20H,5-6,8-9,11,13,15,17H2,1-4H3/b10-7-,16-12+,19-14+. The van der Waals surface area contributed by atoms with Gasteiger partial charge in [-0.1, -0.05) is 44.1 Å². The Morgan fingerprint density at radius 3 is 2.36 bits per heavy atom. The average molecular weight is 395 g/mol. The first kappa shape index (κ1) is 25.6. The number of carbonyl (C=O) groups excluding carboxylic acids is 3. The molecule has 158 valence electrons. The van der Waals surface area contributed by atoms with Crippen LogP contribution >= 0.6 is 0 Å². The molecule has 0 amide bonds. The summed E-state index contributed by atoms with van der Waals surface area (Å²) in [5, 5.41) is 0. The van der Waals surface area contributed by atoms with Gasteiger partial charge in [-0.05, 0) is 38.2 Å². The zero-order valence-corrected chi connectivity index (χ0v) is 17.6. The highest BCUT2D eigenvalue weighted by atomic mass is 16.5. The minimum Gasteiger partial charge on any atom is -0.469 e. The van der Waals surface area contributed by atoms with Gasteiger partial charge in [0.05, 0.1) is 14.2 Å². The molecule has 0 aliphatic heterocycles. The molecule has 0 heterocycles. The Hall–Kier alpha value is -2.37. The molecule has 0 aliphatic rings. The van der Waals surface area contributed by atoms with Gasteiger partial charge < -0.3 is 14.2 Å². The Morgan fingerprint density at radius 1 is 1.00 bits per heavy atom. The molecule has 1 unspecified atom stereocenters. The molecule has 28 heavy (non-hydrogen) atoms. The van der Waals surface area contributed by atoms with Crippen molar-refractivity contribution >= 4 is 17.9 Å². The van der Waals surface area contributed by atoms with Crippen molar-refractivity contribution in [2.75, 3.05) is 14.2 Å². The van der Waals surface area contributed by atoms with Crippen molar-refractivity contribution in [1.82, 2.24) is 0 Å². The minimum atomic E-state index is -0.404. The Bertz CT molecular complexity index is 559. The third kappa shape index (κ3) is 13.8. The van der Waals surface area contributed by atoms with Crippen molar-refractivity contribution in [2.45, 2.75) is 71.3 Å². The van der Waals surface area contributed by atoms with Crippen LogP contribution in [0.1, 0.15) is 65.2 Å². The van der Waals surface area contributed by atoms with Crippen molar-refractivity contribution in [3.05, 3.63) is 36.0 Å². The van der Waals surface area contributed by atoms with Crippen molar-refractivity contribution in [2.24, 2.45) is 0 Å². The Kier molecular flexibility index (Phi) is 15.4. The van der Waals surface area contributed by atoms with Crippen LogP contribution in [0.3, 0.4) is 0 Å². The molecule has 0 spiro atoms. The second-order valence-corrected chi connectivity index (χ2v) is 6.36. The van der Waals surface area contributed by atoms with Crippen LogP contribution in [-0.4, -0.2) is 38.2 Å². The van der Waals surface area contributed by atoms with Crippen molar-refractivity contribution in [3.8, 4) is 0 Å². The molecule has 0 aromatic carbocycles. The van der Waals surface area contributed by atoms with E-state index in [1.807, 2.05) is 12.2 Å². The first-order valence-electron chi connectivity index (χ1n) is 9.79. The van der Waals surface area contributed by atoms with Crippen LogP contribution in [0.2, 0.25) is 0 Å². The highest BCUT2D eigenvalue weighted by Gasteiger charge is 2.09. The van der Waals surface area contributed by atoms with Crippen molar-refractivity contribution in [1.29, 1.82) is 0 Å². The van der Waals surface area contributed by atoms with Crippen LogP contribution in [0.4, 0.5) is 0 Å². The SMILES string of the molecule is CCCCCC(/C=C/C=C(\C/C=C\CCCC(=O)OC)C(=O)OC)OC(C)=O. The second kappa shape index (κ2) is 16.8. The quantitative estimate of drug-likeness (QED) is 0.108. The van der Waals surface area contributed by atoms with Gasteiger partial charge in [-0.3, -0.25) is 9.59 Å². The third-order valence-corrected chi connectivity index (χ3v) is 3.96. The first-order chi connectivity index (χ1) is 13.4. The second-order valence-electron chi connectivity index (χ2n) is 6.36. The minimum absolute atomic E-state index is 0.227. The van der Waals surface area contributed by atoms with Gasteiger partial charge in [0.25, 0.3) is 0 Å². The number of hydrogen-bond donors (Lipinski definition) is 0. The zero-order valence-electron chi connectivity index (χ0n) is 17.6. The van der Waals surface area contributed by atoms with E-state index >= 15 is 0 Å². The van der Waals surface area contributed by atoms with Crippen molar-refractivity contribution < 1.29 is 28.6 Å². The molecular formula is C22H34O6. The van der Waals surface area contributed by atoms with E-state index in [2.05, 4.69) is 11.7 Å². The Morgan fingerprint density at radius 2 is 1.75 bits per heavy atom. The molecule has 0 aromatic rings. The van der Waals surface area contributed by atoms with E-state index in [1.165, 1.54) is 21.1 Å². The molecule has 0 aromatic heterocycles. The molecule has 0 N–H and O–H groups in total. The van der Waals surface area contributed by atoms with Gasteiger partial charge in [-0.2, -0.15) is 0 Å². The van der Waals surface area contributed by atoms with Gasteiger partial charge in [0.1, 0.15) is 6.10 Å². The molecule has 0 aliphatic carbocycles. The largest absolute Gasteiger partial charge is 0.469 e. The predicted molar refractivity (Wildman–Crippen MR) is 109 cm³/mol. The van der Waals surface area contributed by atoms with Gasteiger partial charge >= 0.3 is 17.9 Å². The van der Waals surface area contributed by atoms with Gasteiger partial charge in [-0.15, -0.1) is 0 Å². The van der Waals surface area contributed by atoms with E-state index in [-0.39, 0.29) is 18.0 Å². The van der Waals surface area contributed by atoms with Gasteiger partial charge in [-0.25, -0.2) is 4.79 Å². The topological polar surface area (TPSA) is 78.9 Å². The summed E-state index contributed by atoms with van der Waals surface area (Å²) < 4.78 is 14.7. The van der Waals surface area contributed by atoms with Crippen LogP contribution in [0.25, 0.3) is 0 Å². The van der Waals surface area contributed by atoms with E-state index in [0.29, 0.717) is 24.8 Å². The van der Waals surface area contributed by atoms with E-state index in [1.54, 1.807) is 18.2 Å². The lowest BCUT2D eigenvalue weighted by atomic mass is 10.1. The summed E-state index contributed by atoms with van der Waals surface area (Å²) in [6, 6.07) is 0. The van der Waals surface area contributed by atoms with E-state index < -0.39 is 5.97 Å². The fraction of sp³-hybridized carbons (Fsp3) is 0.591. The average Bonchev–Trinajstić information content (AvgIpc) is 2.67. The molecule has 0 saturated heterocycles. The maximum Gasteiger partial charge on any atom is 0.334 e. The molecule has 0 bridgehead atoms. The number of carbonyl (C=O) groups is 3. The van der Waals surface area contributed by atoms with Gasteiger partial charge in [0.15, 0.2) is 0 Å². The number of methoxy groups -OCH3 is 2. The van der Waals surface area contributed by atoms with E-state index in [9.17, 15) is 14.4 Å². The van der Waals surface area contributed by atoms with Crippen LogP contribution < -0.4 is 0 Å². The maximum atomic E-state index is 11.9. The normalized spacial score (nSPS) is 12.9. The van der Waals surface area contributed by atoms with Crippen LogP contribution in [0.15, 0.2) is 36.0 Å².